The molecular formula is C15H21N5S. The van der Waals surface area contributed by atoms with E-state index in [2.05, 4.69) is 52.0 Å². The molecule has 1 saturated carbocycles. The standard InChI is InChI=1S/C15H21N5S/c1-3-11-4-6-12(7-5-11)14(16-2)10-21-15-17-18-19-20(15)13-8-9-13/h4-7,13-14,16H,3,8-10H2,1-2H3. The third kappa shape index (κ3) is 3.44. The molecule has 0 saturated heterocycles. The first-order valence-electron chi connectivity index (χ1n) is 7.48. The van der Waals surface area contributed by atoms with E-state index in [9.17, 15) is 0 Å². The quantitative estimate of drug-likeness (QED) is 0.797. The monoisotopic (exact) mass is 303 g/mol. The maximum Gasteiger partial charge on any atom is 0.209 e. The van der Waals surface area contributed by atoms with E-state index in [1.165, 1.54) is 24.0 Å². The molecule has 6 heteroatoms. The largest absolute Gasteiger partial charge is 0.312 e. The predicted octanol–water partition coefficient (Wildman–Crippen LogP) is 2.62. The summed E-state index contributed by atoms with van der Waals surface area (Å²) in [5, 5.41) is 16.4. The van der Waals surface area contributed by atoms with Crippen LogP contribution >= 0.6 is 11.8 Å². The van der Waals surface area contributed by atoms with Gasteiger partial charge in [-0.25, -0.2) is 4.68 Å². The Morgan fingerprint density at radius 3 is 2.71 bits per heavy atom. The lowest BCUT2D eigenvalue weighted by Gasteiger charge is -2.16. The van der Waals surface area contributed by atoms with Crippen molar-refractivity contribution in [1.29, 1.82) is 0 Å². The van der Waals surface area contributed by atoms with Crippen LogP contribution in [0.2, 0.25) is 0 Å². The van der Waals surface area contributed by atoms with E-state index in [1.807, 2.05) is 11.7 Å². The normalized spacial score (nSPS) is 16.1. The van der Waals surface area contributed by atoms with E-state index >= 15 is 0 Å². The van der Waals surface area contributed by atoms with Crippen molar-refractivity contribution in [2.45, 2.75) is 43.4 Å². The number of nitrogens with one attached hydrogen (secondary N) is 1. The zero-order valence-electron chi connectivity index (χ0n) is 12.5. The number of aromatic nitrogens is 4. The fourth-order valence-corrected chi connectivity index (χ4v) is 3.41. The Hall–Kier alpha value is -1.40. The minimum atomic E-state index is 0.310. The zero-order valence-corrected chi connectivity index (χ0v) is 13.3. The molecule has 0 bridgehead atoms. The molecule has 1 atom stereocenters. The highest BCUT2D eigenvalue weighted by Gasteiger charge is 2.28. The molecule has 1 heterocycles. The minimum Gasteiger partial charge on any atom is -0.312 e. The summed E-state index contributed by atoms with van der Waals surface area (Å²) in [7, 11) is 2.00. The van der Waals surface area contributed by atoms with Gasteiger partial charge in [0.1, 0.15) is 0 Å². The van der Waals surface area contributed by atoms with Gasteiger partial charge in [0, 0.05) is 11.8 Å². The molecule has 1 unspecified atom stereocenters. The average molecular weight is 303 g/mol. The maximum absolute atomic E-state index is 4.14. The van der Waals surface area contributed by atoms with Gasteiger partial charge in [-0.1, -0.05) is 43.0 Å². The number of hydrogen-bond donors (Lipinski definition) is 1. The second-order valence-corrected chi connectivity index (χ2v) is 6.37. The van der Waals surface area contributed by atoms with E-state index in [1.54, 1.807) is 11.8 Å². The number of aryl methyl sites for hydroxylation is 1. The van der Waals surface area contributed by atoms with E-state index in [-0.39, 0.29) is 0 Å². The summed E-state index contributed by atoms with van der Waals surface area (Å²) >= 11 is 1.72. The molecule has 0 radical (unpaired) electrons. The highest BCUT2D eigenvalue weighted by Crippen LogP contribution is 2.36. The Kier molecular flexibility index (Phi) is 4.55. The number of thioether (sulfide) groups is 1. The van der Waals surface area contributed by atoms with Crippen LogP contribution < -0.4 is 5.32 Å². The van der Waals surface area contributed by atoms with Gasteiger partial charge >= 0.3 is 0 Å². The van der Waals surface area contributed by atoms with Crippen LogP contribution in [0.3, 0.4) is 0 Å². The van der Waals surface area contributed by atoms with Crippen molar-refractivity contribution < 1.29 is 0 Å². The maximum atomic E-state index is 4.14. The Labute approximate surface area is 129 Å². The van der Waals surface area contributed by atoms with E-state index < -0.39 is 0 Å². The van der Waals surface area contributed by atoms with E-state index in [0.717, 1.165) is 17.3 Å². The molecule has 112 valence electrons. The molecular weight excluding hydrogens is 282 g/mol. The zero-order chi connectivity index (χ0) is 14.7. The molecule has 2 aromatic rings. The summed E-state index contributed by atoms with van der Waals surface area (Å²) in [6, 6.07) is 9.68. The molecule has 1 aromatic heterocycles. The van der Waals surface area contributed by atoms with Gasteiger partial charge in [-0.2, -0.15) is 0 Å². The lowest BCUT2D eigenvalue weighted by Crippen LogP contribution is -2.19. The molecule has 1 fully saturated rings. The molecule has 0 aliphatic heterocycles. The topological polar surface area (TPSA) is 55.6 Å². The summed E-state index contributed by atoms with van der Waals surface area (Å²) in [4.78, 5) is 0. The second kappa shape index (κ2) is 6.58. The summed E-state index contributed by atoms with van der Waals surface area (Å²) < 4.78 is 1.97. The second-order valence-electron chi connectivity index (χ2n) is 5.38. The number of nitrogens with zero attached hydrogens (tertiary/aromatic N) is 4. The molecule has 1 aliphatic rings. The van der Waals surface area contributed by atoms with Crippen molar-refractivity contribution in [3.63, 3.8) is 0 Å². The van der Waals surface area contributed by atoms with E-state index in [4.69, 9.17) is 0 Å². The Morgan fingerprint density at radius 1 is 1.33 bits per heavy atom. The Morgan fingerprint density at radius 2 is 2.10 bits per heavy atom. The first kappa shape index (κ1) is 14.5. The fourth-order valence-electron chi connectivity index (χ4n) is 2.32. The summed E-state index contributed by atoms with van der Waals surface area (Å²) in [6.45, 7) is 2.18. The van der Waals surface area contributed by atoms with Crippen molar-refractivity contribution in [2.75, 3.05) is 12.8 Å². The fraction of sp³-hybridized carbons (Fsp3) is 0.533. The van der Waals surface area contributed by atoms with Gasteiger partial charge in [0.2, 0.25) is 5.16 Å². The number of benzene rings is 1. The van der Waals surface area contributed by atoms with Gasteiger partial charge in [0.15, 0.2) is 0 Å². The van der Waals surface area contributed by atoms with Crippen LogP contribution in [0.1, 0.15) is 43.0 Å². The first-order chi connectivity index (χ1) is 10.3. The van der Waals surface area contributed by atoms with Crippen molar-refractivity contribution in [2.24, 2.45) is 0 Å². The van der Waals surface area contributed by atoms with Crippen LogP contribution in [0.15, 0.2) is 29.4 Å². The SMILES string of the molecule is CCc1ccc(C(CSc2nnnn2C2CC2)NC)cc1. The van der Waals surface area contributed by atoms with Crippen LogP contribution in [0.4, 0.5) is 0 Å². The molecule has 3 rings (SSSR count). The van der Waals surface area contributed by atoms with Crippen LogP contribution in [-0.4, -0.2) is 33.0 Å². The van der Waals surface area contributed by atoms with Crippen LogP contribution in [0.5, 0.6) is 0 Å². The van der Waals surface area contributed by atoms with Gasteiger partial charge in [-0.15, -0.1) is 5.10 Å². The summed E-state index contributed by atoms with van der Waals surface area (Å²) in [5.41, 5.74) is 2.69. The number of rotatable bonds is 7. The number of hydrogen-bond acceptors (Lipinski definition) is 5. The molecule has 21 heavy (non-hydrogen) atoms. The lowest BCUT2D eigenvalue weighted by atomic mass is 10.1. The summed E-state index contributed by atoms with van der Waals surface area (Å²) in [5.74, 6) is 0.926. The number of tetrazole rings is 1. The van der Waals surface area contributed by atoms with Crippen molar-refractivity contribution in [3.05, 3.63) is 35.4 Å². The molecule has 5 nitrogen and oxygen atoms in total. The molecule has 1 aromatic carbocycles. The van der Waals surface area contributed by atoms with E-state index in [0.29, 0.717) is 12.1 Å². The average Bonchev–Trinajstić information content (AvgIpc) is 3.27. The highest BCUT2D eigenvalue weighted by atomic mass is 32.2. The lowest BCUT2D eigenvalue weighted by molar-refractivity contribution is 0.564. The third-order valence-electron chi connectivity index (χ3n) is 3.87. The third-order valence-corrected chi connectivity index (χ3v) is 4.90. The van der Waals surface area contributed by atoms with Gasteiger partial charge in [0.05, 0.1) is 6.04 Å². The predicted molar refractivity (Wildman–Crippen MR) is 84.4 cm³/mol. The van der Waals surface area contributed by atoms with Crippen molar-refractivity contribution in [1.82, 2.24) is 25.5 Å². The smallest absolute Gasteiger partial charge is 0.209 e. The summed E-state index contributed by atoms with van der Waals surface area (Å²) in [6.07, 6.45) is 3.48. The van der Waals surface area contributed by atoms with Crippen LogP contribution in [0.25, 0.3) is 0 Å². The molecule has 0 spiro atoms. The Bertz CT molecular complexity index is 576. The van der Waals surface area contributed by atoms with Gasteiger partial charge in [-0.3, -0.25) is 0 Å². The minimum absolute atomic E-state index is 0.310. The highest BCUT2D eigenvalue weighted by molar-refractivity contribution is 7.99. The van der Waals surface area contributed by atoms with Gasteiger partial charge in [0.25, 0.3) is 0 Å². The Balaban J connectivity index is 1.64. The van der Waals surface area contributed by atoms with Gasteiger partial charge in [-0.05, 0) is 47.9 Å². The van der Waals surface area contributed by atoms with Crippen LogP contribution in [0, 0.1) is 0 Å². The first-order valence-corrected chi connectivity index (χ1v) is 8.47. The molecule has 0 amide bonds. The van der Waals surface area contributed by atoms with Gasteiger partial charge < -0.3 is 5.32 Å². The van der Waals surface area contributed by atoms with Crippen molar-refractivity contribution in [3.8, 4) is 0 Å². The van der Waals surface area contributed by atoms with Crippen molar-refractivity contribution >= 4 is 11.8 Å². The molecule has 1 N–H and O–H groups in total. The molecule has 1 aliphatic carbocycles. The van der Waals surface area contributed by atoms with Crippen LogP contribution in [-0.2, 0) is 6.42 Å².